The van der Waals surface area contributed by atoms with Crippen LogP contribution in [0.5, 0.6) is 5.75 Å². The van der Waals surface area contributed by atoms with Crippen molar-refractivity contribution in [3.63, 3.8) is 0 Å². The van der Waals surface area contributed by atoms with E-state index in [0.717, 1.165) is 12.0 Å². The number of aryl methyl sites for hydroxylation is 4. The van der Waals surface area contributed by atoms with Crippen LogP contribution in [0.4, 0.5) is 5.69 Å². The van der Waals surface area contributed by atoms with Gasteiger partial charge < -0.3 is 20.9 Å². The summed E-state index contributed by atoms with van der Waals surface area (Å²) in [6, 6.07) is 11.6. The maximum Gasteiger partial charge on any atom is 0.273 e. The molecule has 5 N–H and O–H groups in total. The standard InChI is InChI=1S/C22H28N4O3/c1-14-7-8-15(2)18(13-14)10-9-17-5-4-6-19(21(17)28)25-26-20(16(3)23)22(29)24-11-12-27/h4-8,13,23,25,27-28H,9-12H2,1-3H3,(H,24,29)/b23-16?,26-20-. The van der Waals surface area contributed by atoms with Crippen LogP contribution in [0, 0.1) is 19.3 Å². The molecule has 0 unspecified atom stereocenters. The number of hydrogen-bond acceptors (Lipinski definition) is 6. The number of benzene rings is 2. The first-order valence-electron chi connectivity index (χ1n) is 9.48. The molecule has 2 aromatic rings. The summed E-state index contributed by atoms with van der Waals surface area (Å²) >= 11 is 0. The summed E-state index contributed by atoms with van der Waals surface area (Å²) in [5, 5.41) is 33.6. The Morgan fingerprint density at radius 3 is 2.55 bits per heavy atom. The minimum Gasteiger partial charge on any atom is -0.505 e. The number of hydrazone groups is 1. The monoisotopic (exact) mass is 396 g/mol. The zero-order chi connectivity index (χ0) is 21.4. The number of phenols is 1. The molecule has 0 bridgehead atoms. The first-order chi connectivity index (χ1) is 13.8. The third-order valence-corrected chi connectivity index (χ3v) is 4.54. The quantitative estimate of drug-likeness (QED) is 0.254. The molecule has 0 aliphatic heterocycles. The Kier molecular flexibility index (Phi) is 7.91. The van der Waals surface area contributed by atoms with Crippen molar-refractivity contribution in [1.29, 1.82) is 5.41 Å². The number of aliphatic hydroxyl groups is 1. The molecule has 0 atom stereocenters. The second-order valence-corrected chi connectivity index (χ2v) is 6.92. The van der Waals surface area contributed by atoms with Crippen molar-refractivity contribution < 1.29 is 15.0 Å². The Bertz CT molecular complexity index is 922. The average Bonchev–Trinajstić information content (AvgIpc) is 2.68. The second kappa shape index (κ2) is 10.4. The molecule has 0 fully saturated rings. The van der Waals surface area contributed by atoms with Crippen LogP contribution in [0.2, 0.25) is 0 Å². The molecule has 0 aliphatic rings. The van der Waals surface area contributed by atoms with E-state index in [1.165, 1.54) is 23.6 Å². The molecule has 0 aromatic heterocycles. The van der Waals surface area contributed by atoms with Gasteiger partial charge in [-0.05, 0) is 56.4 Å². The van der Waals surface area contributed by atoms with Crippen molar-refractivity contribution in [1.82, 2.24) is 5.32 Å². The number of hydrogen-bond donors (Lipinski definition) is 5. The summed E-state index contributed by atoms with van der Waals surface area (Å²) in [6.45, 7) is 5.45. The van der Waals surface area contributed by atoms with Crippen molar-refractivity contribution in [2.75, 3.05) is 18.6 Å². The predicted octanol–water partition coefficient (Wildman–Crippen LogP) is 2.71. The van der Waals surface area contributed by atoms with Gasteiger partial charge in [-0.25, -0.2) is 0 Å². The minimum absolute atomic E-state index is 0.0292. The molecule has 1 amide bonds. The summed E-state index contributed by atoms with van der Waals surface area (Å²) in [7, 11) is 0. The fraction of sp³-hybridized carbons (Fsp3) is 0.318. The van der Waals surface area contributed by atoms with Crippen LogP contribution in [0.1, 0.15) is 29.2 Å². The largest absolute Gasteiger partial charge is 0.505 e. The van der Waals surface area contributed by atoms with Crippen LogP contribution in [0.3, 0.4) is 0 Å². The first-order valence-corrected chi connectivity index (χ1v) is 9.48. The van der Waals surface area contributed by atoms with Crippen LogP contribution < -0.4 is 10.7 Å². The van der Waals surface area contributed by atoms with Crippen molar-refractivity contribution in [3.8, 4) is 5.75 Å². The van der Waals surface area contributed by atoms with Crippen LogP contribution in [0.15, 0.2) is 41.5 Å². The molecule has 0 radical (unpaired) electrons. The maximum absolute atomic E-state index is 12.0. The van der Waals surface area contributed by atoms with Gasteiger partial charge in [0.05, 0.1) is 18.0 Å². The predicted molar refractivity (Wildman–Crippen MR) is 116 cm³/mol. The molecule has 0 spiro atoms. The lowest BCUT2D eigenvalue weighted by Gasteiger charge is -2.12. The number of carbonyl (C=O) groups excluding carboxylic acids is 1. The molecule has 2 aromatic carbocycles. The van der Waals surface area contributed by atoms with Crippen LogP contribution >= 0.6 is 0 Å². The smallest absolute Gasteiger partial charge is 0.273 e. The van der Waals surface area contributed by atoms with Gasteiger partial charge in [0.25, 0.3) is 5.91 Å². The number of phenolic OH excluding ortho intramolecular Hbond substituents is 1. The van der Waals surface area contributed by atoms with Crippen LogP contribution in [0.25, 0.3) is 0 Å². The number of aromatic hydroxyl groups is 1. The highest BCUT2D eigenvalue weighted by molar-refractivity contribution is 6.66. The van der Waals surface area contributed by atoms with Crippen LogP contribution in [-0.4, -0.2) is 40.7 Å². The summed E-state index contributed by atoms with van der Waals surface area (Å²) in [6.07, 6.45) is 1.45. The Hall–Kier alpha value is -3.19. The second-order valence-electron chi connectivity index (χ2n) is 6.92. The number of carbonyl (C=O) groups is 1. The number of amides is 1. The number of para-hydroxylation sites is 1. The van der Waals surface area contributed by atoms with E-state index in [1.54, 1.807) is 12.1 Å². The lowest BCUT2D eigenvalue weighted by molar-refractivity contribution is -0.114. The highest BCUT2D eigenvalue weighted by Crippen LogP contribution is 2.29. The van der Waals surface area contributed by atoms with Gasteiger partial charge >= 0.3 is 0 Å². The number of nitrogens with zero attached hydrogens (tertiary/aromatic N) is 1. The van der Waals surface area contributed by atoms with E-state index in [1.807, 2.05) is 6.07 Å². The molecule has 7 heteroatoms. The summed E-state index contributed by atoms with van der Waals surface area (Å²) in [4.78, 5) is 12.0. The topological polar surface area (TPSA) is 118 Å². The number of anilines is 1. The minimum atomic E-state index is -0.565. The summed E-state index contributed by atoms with van der Waals surface area (Å²) in [5.41, 5.74) is 7.33. The third kappa shape index (κ3) is 6.15. The normalized spacial score (nSPS) is 11.2. The van der Waals surface area contributed by atoms with Crippen molar-refractivity contribution >= 4 is 23.0 Å². The molecule has 29 heavy (non-hydrogen) atoms. The van der Waals surface area contributed by atoms with Gasteiger partial charge in [0.15, 0.2) is 5.71 Å². The molecule has 0 saturated carbocycles. The molecule has 2 rings (SSSR count). The third-order valence-electron chi connectivity index (χ3n) is 4.54. The fourth-order valence-corrected chi connectivity index (χ4v) is 2.90. The van der Waals surface area contributed by atoms with E-state index in [4.69, 9.17) is 10.5 Å². The van der Waals surface area contributed by atoms with Crippen molar-refractivity contribution in [2.24, 2.45) is 5.10 Å². The van der Waals surface area contributed by atoms with Gasteiger partial charge in [-0.15, -0.1) is 0 Å². The molecule has 0 aliphatic carbocycles. The number of rotatable bonds is 9. The van der Waals surface area contributed by atoms with E-state index in [9.17, 15) is 9.90 Å². The van der Waals surface area contributed by atoms with Crippen molar-refractivity contribution in [2.45, 2.75) is 33.6 Å². The number of nitrogens with one attached hydrogen (secondary N) is 3. The van der Waals surface area contributed by atoms with E-state index >= 15 is 0 Å². The van der Waals surface area contributed by atoms with Gasteiger partial charge in [0.1, 0.15) is 5.75 Å². The lowest BCUT2D eigenvalue weighted by atomic mass is 9.98. The van der Waals surface area contributed by atoms with Gasteiger partial charge in [-0.2, -0.15) is 5.10 Å². The summed E-state index contributed by atoms with van der Waals surface area (Å²) < 4.78 is 0. The SMILES string of the molecule is CC(=N)/C(=N/Nc1cccc(CCc2cc(C)ccc2C)c1O)C(=O)NCCO. The Morgan fingerprint density at radius 2 is 1.86 bits per heavy atom. The summed E-state index contributed by atoms with van der Waals surface area (Å²) in [5.74, 6) is -0.496. The van der Waals surface area contributed by atoms with E-state index in [2.05, 4.69) is 47.9 Å². The van der Waals surface area contributed by atoms with E-state index in [0.29, 0.717) is 12.1 Å². The van der Waals surface area contributed by atoms with Crippen molar-refractivity contribution in [3.05, 3.63) is 58.7 Å². The highest BCUT2D eigenvalue weighted by atomic mass is 16.3. The number of aliphatic hydroxyl groups excluding tert-OH is 1. The molecule has 0 saturated heterocycles. The van der Waals surface area contributed by atoms with E-state index in [-0.39, 0.29) is 30.3 Å². The average molecular weight is 396 g/mol. The van der Waals surface area contributed by atoms with Gasteiger partial charge in [-0.1, -0.05) is 35.9 Å². The highest BCUT2D eigenvalue weighted by Gasteiger charge is 2.14. The van der Waals surface area contributed by atoms with E-state index < -0.39 is 5.91 Å². The Morgan fingerprint density at radius 1 is 1.14 bits per heavy atom. The Labute approximate surface area is 171 Å². The first kappa shape index (κ1) is 22.1. The molecule has 154 valence electrons. The van der Waals surface area contributed by atoms with Gasteiger partial charge in [-0.3, -0.25) is 10.2 Å². The fourth-order valence-electron chi connectivity index (χ4n) is 2.90. The molecular formula is C22H28N4O3. The van der Waals surface area contributed by atoms with Gasteiger partial charge in [0.2, 0.25) is 0 Å². The van der Waals surface area contributed by atoms with Crippen LogP contribution in [-0.2, 0) is 17.6 Å². The molecular weight excluding hydrogens is 368 g/mol. The molecule has 0 heterocycles. The lowest BCUT2D eigenvalue weighted by Crippen LogP contribution is -2.36. The molecule has 7 nitrogen and oxygen atoms in total. The maximum atomic E-state index is 12.0. The van der Waals surface area contributed by atoms with Gasteiger partial charge in [0, 0.05) is 6.54 Å². The Balaban J connectivity index is 2.15. The zero-order valence-corrected chi connectivity index (χ0v) is 17.0. The zero-order valence-electron chi connectivity index (χ0n) is 17.0.